The van der Waals surface area contributed by atoms with Gasteiger partial charge in [-0.1, -0.05) is 30.3 Å². The average molecular weight is 414 g/mol. The maximum Gasteiger partial charge on any atom is 0.490 e. The van der Waals surface area contributed by atoms with Crippen molar-refractivity contribution in [2.75, 3.05) is 19.7 Å². The van der Waals surface area contributed by atoms with Crippen LogP contribution in [-0.4, -0.2) is 59.9 Å². The number of amides is 1. The molecule has 0 radical (unpaired) electrons. The number of carbonyl (C=O) groups is 2. The smallest absolute Gasteiger partial charge is 0.475 e. The van der Waals surface area contributed by atoms with Gasteiger partial charge in [-0.2, -0.15) is 13.2 Å². The summed E-state index contributed by atoms with van der Waals surface area (Å²) >= 11 is 0. The topological polar surface area (TPSA) is 78.9 Å². The molecule has 4 rings (SSSR count). The average Bonchev–Trinajstić information content (AvgIpc) is 3.37. The number of carbonyl (C=O) groups excluding carboxylic acids is 1. The van der Waals surface area contributed by atoms with E-state index in [1.165, 1.54) is 5.56 Å². The zero-order valence-corrected chi connectivity index (χ0v) is 16.0. The summed E-state index contributed by atoms with van der Waals surface area (Å²) in [5.41, 5.74) is 0.993. The SMILES string of the molecule is O=C(NC1CC1)[C@@]12CCO[C@@H]1CCN(Cc1ccccc1)C2.O=C(O)C(F)(F)F. The summed E-state index contributed by atoms with van der Waals surface area (Å²) < 4.78 is 37.6. The van der Waals surface area contributed by atoms with Gasteiger partial charge in [0, 0.05) is 32.3 Å². The molecule has 29 heavy (non-hydrogen) atoms. The fourth-order valence-electron chi connectivity index (χ4n) is 3.89. The van der Waals surface area contributed by atoms with E-state index in [2.05, 4.69) is 34.5 Å². The molecule has 6 nitrogen and oxygen atoms in total. The van der Waals surface area contributed by atoms with Gasteiger partial charge >= 0.3 is 12.1 Å². The van der Waals surface area contributed by atoms with Crippen molar-refractivity contribution in [3.8, 4) is 0 Å². The molecule has 2 heterocycles. The number of alkyl halides is 3. The van der Waals surface area contributed by atoms with Gasteiger partial charge in [-0.25, -0.2) is 4.79 Å². The van der Waals surface area contributed by atoms with Crippen LogP contribution in [0.2, 0.25) is 0 Å². The molecule has 0 aromatic heterocycles. The van der Waals surface area contributed by atoms with E-state index in [0.29, 0.717) is 6.04 Å². The Balaban J connectivity index is 0.000000298. The van der Waals surface area contributed by atoms with Gasteiger partial charge in [0.1, 0.15) is 0 Å². The van der Waals surface area contributed by atoms with E-state index in [9.17, 15) is 18.0 Å². The van der Waals surface area contributed by atoms with Crippen molar-refractivity contribution in [2.45, 2.75) is 50.6 Å². The highest BCUT2D eigenvalue weighted by Crippen LogP contribution is 2.42. The second-order valence-corrected chi connectivity index (χ2v) is 7.80. The minimum atomic E-state index is -5.08. The van der Waals surface area contributed by atoms with Gasteiger partial charge in [0.05, 0.1) is 11.5 Å². The zero-order valence-electron chi connectivity index (χ0n) is 16.0. The lowest BCUT2D eigenvalue weighted by atomic mass is 9.75. The highest BCUT2D eigenvalue weighted by Gasteiger charge is 2.53. The maximum absolute atomic E-state index is 12.8. The van der Waals surface area contributed by atoms with E-state index in [4.69, 9.17) is 14.6 Å². The van der Waals surface area contributed by atoms with E-state index in [0.717, 1.165) is 51.9 Å². The molecule has 3 fully saturated rings. The van der Waals surface area contributed by atoms with Crippen molar-refractivity contribution in [1.82, 2.24) is 10.2 Å². The first-order chi connectivity index (χ1) is 13.7. The van der Waals surface area contributed by atoms with Crippen molar-refractivity contribution in [3.63, 3.8) is 0 Å². The summed E-state index contributed by atoms with van der Waals surface area (Å²) in [4.78, 5) is 24.2. The minimum absolute atomic E-state index is 0.110. The third-order valence-electron chi connectivity index (χ3n) is 5.55. The van der Waals surface area contributed by atoms with Crippen LogP contribution in [0, 0.1) is 5.41 Å². The number of aliphatic carboxylic acids is 1. The predicted octanol–water partition coefficient (Wildman–Crippen LogP) is 2.58. The molecule has 1 aromatic rings. The summed E-state index contributed by atoms with van der Waals surface area (Å²) in [5.74, 6) is -2.53. The lowest BCUT2D eigenvalue weighted by Crippen LogP contribution is -2.57. The lowest BCUT2D eigenvalue weighted by molar-refractivity contribution is -0.192. The monoisotopic (exact) mass is 414 g/mol. The molecule has 2 aliphatic heterocycles. The van der Waals surface area contributed by atoms with Crippen LogP contribution < -0.4 is 5.32 Å². The van der Waals surface area contributed by atoms with Gasteiger partial charge in [-0.3, -0.25) is 9.69 Å². The molecule has 1 aliphatic carbocycles. The molecular weight excluding hydrogens is 389 g/mol. The number of fused-ring (bicyclic) bond motifs is 1. The number of nitrogens with zero attached hydrogens (tertiary/aromatic N) is 1. The van der Waals surface area contributed by atoms with Crippen LogP contribution in [0.25, 0.3) is 0 Å². The Kier molecular flexibility index (Phi) is 6.48. The van der Waals surface area contributed by atoms with E-state index in [-0.39, 0.29) is 17.4 Å². The van der Waals surface area contributed by atoms with Crippen LogP contribution in [0.3, 0.4) is 0 Å². The third kappa shape index (κ3) is 5.48. The molecule has 9 heteroatoms. The van der Waals surface area contributed by atoms with Gasteiger partial charge in [0.15, 0.2) is 0 Å². The van der Waals surface area contributed by atoms with Gasteiger partial charge in [0.25, 0.3) is 0 Å². The molecular formula is C20H25F3N2O4. The molecule has 3 aliphatic rings. The Morgan fingerprint density at radius 1 is 1.21 bits per heavy atom. The largest absolute Gasteiger partial charge is 0.490 e. The zero-order chi connectivity index (χ0) is 21.1. The first kappa shape index (κ1) is 21.6. The summed E-state index contributed by atoms with van der Waals surface area (Å²) in [5, 5.41) is 10.3. The summed E-state index contributed by atoms with van der Waals surface area (Å²) in [7, 11) is 0. The van der Waals surface area contributed by atoms with Crippen LogP contribution >= 0.6 is 0 Å². The minimum Gasteiger partial charge on any atom is -0.475 e. The second-order valence-electron chi connectivity index (χ2n) is 7.80. The van der Waals surface area contributed by atoms with Crippen LogP contribution in [-0.2, 0) is 20.9 Å². The van der Waals surface area contributed by atoms with Crippen molar-refractivity contribution in [2.24, 2.45) is 5.41 Å². The van der Waals surface area contributed by atoms with Crippen molar-refractivity contribution in [1.29, 1.82) is 0 Å². The number of nitrogens with one attached hydrogen (secondary N) is 1. The molecule has 0 spiro atoms. The number of carboxylic acid groups (broad SMARTS) is 1. The third-order valence-corrected chi connectivity index (χ3v) is 5.55. The molecule has 1 aromatic carbocycles. The number of hydrogen-bond acceptors (Lipinski definition) is 4. The first-order valence-electron chi connectivity index (χ1n) is 9.70. The molecule has 160 valence electrons. The quantitative estimate of drug-likeness (QED) is 0.792. The molecule has 1 saturated carbocycles. The van der Waals surface area contributed by atoms with Crippen LogP contribution in [0.15, 0.2) is 30.3 Å². The highest BCUT2D eigenvalue weighted by molar-refractivity contribution is 5.84. The van der Waals surface area contributed by atoms with Gasteiger partial charge in [0.2, 0.25) is 5.91 Å². The molecule has 2 atom stereocenters. The Morgan fingerprint density at radius 2 is 1.86 bits per heavy atom. The molecule has 0 bridgehead atoms. The highest BCUT2D eigenvalue weighted by atomic mass is 19.4. The van der Waals surface area contributed by atoms with Crippen LogP contribution in [0.5, 0.6) is 0 Å². The normalized spacial score (nSPS) is 26.8. The fraction of sp³-hybridized carbons (Fsp3) is 0.600. The fourth-order valence-corrected chi connectivity index (χ4v) is 3.89. The number of hydrogen-bond donors (Lipinski definition) is 2. The van der Waals surface area contributed by atoms with E-state index in [1.54, 1.807) is 0 Å². The molecule has 2 N–H and O–H groups in total. The Hall–Kier alpha value is -2.13. The van der Waals surface area contributed by atoms with Crippen LogP contribution in [0.4, 0.5) is 13.2 Å². The number of halogens is 3. The number of carboxylic acids is 1. The Labute approximate surface area is 167 Å². The lowest BCUT2D eigenvalue weighted by Gasteiger charge is -2.42. The predicted molar refractivity (Wildman–Crippen MR) is 98.0 cm³/mol. The summed E-state index contributed by atoms with van der Waals surface area (Å²) in [6.07, 6.45) is -0.868. The van der Waals surface area contributed by atoms with Crippen molar-refractivity contribution >= 4 is 11.9 Å². The number of likely N-dealkylation sites (tertiary alicyclic amines) is 1. The Bertz CT molecular complexity index is 724. The number of benzene rings is 1. The van der Waals surface area contributed by atoms with E-state index < -0.39 is 12.1 Å². The van der Waals surface area contributed by atoms with Gasteiger partial charge in [-0.05, 0) is 31.2 Å². The first-order valence-corrected chi connectivity index (χ1v) is 9.70. The molecule has 0 unspecified atom stereocenters. The summed E-state index contributed by atoms with van der Waals surface area (Å²) in [6, 6.07) is 11.0. The number of piperidine rings is 1. The van der Waals surface area contributed by atoms with E-state index >= 15 is 0 Å². The molecule has 2 saturated heterocycles. The van der Waals surface area contributed by atoms with Crippen molar-refractivity contribution < 1.29 is 32.6 Å². The maximum atomic E-state index is 12.8. The standard InChI is InChI=1S/C18H24N2O2.C2HF3O2/c21-17(19-15-6-7-15)18-9-11-22-16(18)8-10-20(13-18)12-14-4-2-1-3-5-14;3-2(4,5)1(6)7/h1-5,15-16H,6-13H2,(H,19,21);(H,6,7)/t16-,18-;/m1./s1. The van der Waals surface area contributed by atoms with Crippen LogP contribution in [0.1, 0.15) is 31.2 Å². The Morgan fingerprint density at radius 3 is 2.45 bits per heavy atom. The van der Waals surface area contributed by atoms with E-state index in [1.807, 2.05) is 6.07 Å². The van der Waals surface area contributed by atoms with Gasteiger partial charge < -0.3 is 15.2 Å². The summed E-state index contributed by atoms with van der Waals surface area (Å²) in [6.45, 7) is 3.48. The second kappa shape index (κ2) is 8.71. The van der Waals surface area contributed by atoms with Gasteiger partial charge in [-0.15, -0.1) is 0 Å². The molecule has 1 amide bonds. The number of rotatable bonds is 4. The van der Waals surface area contributed by atoms with Crippen molar-refractivity contribution in [3.05, 3.63) is 35.9 Å². The number of ether oxygens (including phenoxy) is 1.